The molecule has 0 saturated carbocycles. The smallest absolute Gasteiger partial charge is 0.128 e. The van der Waals surface area contributed by atoms with E-state index >= 15 is 0 Å². The van der Waals surface area contributed by atoms with Crippen molar-refractivity contribution in [2.45, 2.75) is 19.4 Å². The van der Waals surface area contributed by atoms with Crippen molar-refractivity contribution in [1.29, 1.82) is 0 Å². The molecule has 0 fully saturated rings. The SMILES string of the molecule is Cc1ccc(F)c(C(CN)N(C)CCc2ccccc2)c1. The Balaban J connectivity index is 2.08. The highest BCUT2D eigenvalue weighted by Gasteiger charge is 2.19. The van der Waals surface area contributed by atoms with Gasteiger partial charge >= 0.3 is 0 Å². The summed E-state index contributed by atoms with van der Waals surface area (Å²) in [5.41, 5.74) is 8.91. The van der Waals surface area contributed by atoms with Crippen molar-refractivity contribution in [2.24, 2.45) is 5.73 Å². The van der Waals surface area contributed by atoms with Crippen LogP contribution in [0.15, 0.2) is 48.5 Å². The molecule has 0 aliphatic carbocycles. The van der Waals surface area contributed by atoms with Gasteiger partial charge in [0, 0.05) is 24.7 Å². The number of hydrogen-bond donors (Lipinski definition) is 1. The van der Waals surface area contributed by atoms with Crippen LogP contribution in [0.3, 0.4) is 0 Å². The van der Waals surface area contributed by atoms with Gasteiger partial charge in [0.05, 0.1) is 0 Å². The van der Waals surface area contributed by atoms with Crippen LogP contribution in [0.2, 0.25) is 0 Å². The maximum Gasteiger partial charge on any atom is 0.128 e. The monoisotopic (exact) mass is 286 g/mol. The van der Waals surface area contributed by atoms with Gasteiger partial charge < -0.3 is 5.73 Å². The summed E-state index contributed by atoms with van der Waals surface area (Å²) >= 11 is 0. The molecule has 0 aromatic heterocycles. The van der Waals surface area contributed by atoms with Gasteiger partial charge in [0.15, 0.2) is 0 Å². The van der Waals surface area contributed by atoms with E-state index in [1.54, 1.807) is 6.07 Å². The van der Waals surface area contributed by atoms with Gasteiger partial charge in [-0.2, -0.15) is 0 Å². The van der Waals surface area contributed by atoms with Gasteiger partial charge in [-0.1, -0.05) is 48.0 Å². The molecule has 2 aromatic rings. The molecule has 1 unspecified atom stereocenters. The molecule has 2 aromatic carbocycles. The molecule has 1 atom stereocenters. The fourth-order valence-electron chi connectivity index (χ4n) is 2.57. The van der Waals surface area contributed by atoms with E-state index in [0.717, 1.165) is 18.5 Å². The third-order valence-electron chi connectivity index (χ3n) is 3.86. The lowest BCUT2D eigenvalue weighted by Gasteiger charge is -2.28. The van der Waals surface area contributed by atoms with Crippen molar-refractivity contribution >= 4 is 0 Å². The zero-order valence-electron chi connectivity index (χ0n) is 12.7. The first-order valence-corrected chi connectivity index (χ1v) is 7.32. The maximum atomic E-state index is 14.0. The van der Waals surface area contributed by atoms with Crippen LogP contribution >= 0.6 is 0 Å². The van der Waals surface area contributed by atoms with E-state index in [9.17, 15) is 4.39 Å². The highest BCUT2D eigenvalue weighted by molar-refractivity contribution is 5.27. The van der Waals surface area contributed by atoms with E-state index in [1.807, 2.05) is 38.2 Å². The summed E-state index contributed by atoms with van der Waals surface area (Å²) in [4.78, 5) is 2.13. The molecule has 2 nitrogen and oxygen atoms in total. The average Bonchev–Trinajstić information content (AvgIpc) is 2.50. The molecule has 112 valence electrons. The molecule has 0 bridgehead atoms. The number of halogens is 1. The predicted molar refractivity (Wildman–Crippen MR) is 85.7 cm³/mol. The second-order valence-electron chi connectivity index (χ2n) is 5.49. The molecule has 3 heteroatoms. The Morgan fingerprint density at radius 2 is 1.86 bits per heavy atom. The minimum Gasteiger partial charge on any atom is -0.329 e. The molecule has 0 amide bonds. The van der Waals surface area contributed by atoms with Crippen molar-refractivity contribution in [1.82, 2.24) is 4.90 Å². The molecule has 0 radical (unpaired) electrons. The van der Waals surface area contributed by atoms with Crippen LogP contribution in [-0.2, 0) is 6.42 Å². The first-order chi connectivity index (χ1) is 10.1. The largest absolute Gasteiger partial charge is 0.329 e. The van der Waals surface area contributed by atoms with Crippen molar-refractivity contribution in [3.8, 4) is 0 Å². The van der Waals surface area contributed by atoms with Gasteiger partial charge in [-0.3, -0.25) is 4.90 Å². The first-order valence-electron chi connectivity index (χ1n) is 7.32. The lowest BCUT2D eigenvalue weighted by atomic mass is 10.0. The Morgan fingerprint density at radius 3 is 2.52 bits per heavy atom. The van der Waals surface area contributed by atoms with Crippen LogP contribution in [0.25, 0.3) is 0 Å². The number of nitrogens with two attached hydrogens (primary N) is 1. The van der Waals surface area contributed by atoms with Crippen molar-refractivity contribution < 1.29 is 4.39 Å². The lowest BCUT2D eigenvalue weighted by Crippen LogP contribution is -2.32. The third-order valence-corrected chi connectivity index (χ3v) is 3.86. The zero-order chi connectivity index (χ0) is 15.2. The first kappa shape index (κ1) is 15.7. The Hall–Kier alpha value is -1.71. The average molecular weight is 286 g/mol. The van der Waals surface area contributed by atoms with E-state index in [0.29, 0.717) is 12.1 Å². The Kier molecular flexibility index (Phi) is 5.48. The van der Waals surface area contributed by atoms with Gasteiger partial charge in [0.2, 0.25) is 0 Å². The summed E-state index contributed by atoms with van der Waals surface area (Å²) < 4.78 is 14.0. The van der Waals surface area contributed by atoms with Gasteiger partial charge in [-0.15, -0.1) is 0 Å². The molecule has 0 saturated heterocycles. The number of nitrogens with zero attached hydrogens (tertiary/aromatic N) is 1. The quantitative estimate of drug-likeness (QED) is 0.882. The highest BCUT2D eigenvalue weighted by Crippen LogP contribution is 2.23. The van der Waals surface area contributed by atoms with Crippen molar-refractivity contribution in [3.05, 3.63) is 71.0 Å². The number of hydrogen-bond acceptors (Lipinski definition) is 2. The Labute approximate surface area is 126 Å². The van der Waals surface area contributed by atoms with Crippen LogP contribution < -0.4 is 5.73 Å². The summed E-state index contributed by atoms with van der Waals surface area (Å²) in [6, 6.07) is 15.4. The molecular weight excluding hydrogens is 263 g/mol. The summed E-state index contributed by atoms with van der Waals surface area (Å²) in [6.45, 7) is 3.23. The normalized spacial score (nSPS) is 12.6. The summed E-state index contributed by atoms with van der Waals surface area (Å²) in [6.07, 6.45) is 0.932. The number of benzene rings is 2. The van der Waals surface area contributed by atoms with Gasteiger partial charge in [-0.05, 0) is 32.0 Å². The van der Waals surface area contributed by atoms with E-state index in [-0.39, 0.29) is 11.9 Å². The molecule has 0 heterocycles. The van der Waals surface area contributed by atoms with Crippen LogP contribution in [0, 0.1) is 12.7 Å². The lowest BCUT2D eigenvalue weighted by molar-refractivity contribution is 0.248. The molecule has 0 aliphatic rings. The predicted octanol–water partition coefficient (Wildman–Crippen LogP) is 3.31. The number of aryl methyl sites for hydroxylation is 1. The van der Waals surface area contributed by atoms with E-state index < -0.39 is 0 Å². The topological polar surface area (TPSA) is 29.3 Å². The fourth-order valence-corrected chi connectivity index (χ4v) is 2.57. The molecule has 0 spiro atoms. The van der Waals surface area contributed by atoms with Crippen LogP contribution in [-0.4, -0.2) is 25.0 Å². The summed E-state index contributed by atoms with van der Waals surface area (Å²) in [5, 5.41) is 0. The second kappa shape index (κ2) is 7.34. The standard InChI is InChI=1S/C18H23FN2/c1-14-8-9-17(19)16(12-14)18(13-20)21(2)11-10-15-6-4-3-5-7-15/h3-9,12,18H,10-11,13,20H2,1-2H3. The van der Waals surface area contributed by atoms with Crippen LogP contribution in [0.1, 0.15) is 22.7 Å². The minimum absolute atomic E-state index is 0.0892. The van der Waals surface area contributed by atoms with E-state index in [1.165, 1.54) is 11.6 Å². The van der Waals surface area contributed by atoms with Crippen LogP contribution in [0.5, 0.6) is 0 Å². The van der Waals surface area contributed by atoms with Crippen LogP contribution in [0.4, 0.5) is 4.39 Å². The maximum absolute atomic E-state index is 14.0. The number of likely N-dealkylation sites (N-methyl/N-ethyl adjacent to an activating group) is 1. The molecule has 21 heavy (non-hydrogen) atoms. The summed E-state index contributed by atoms with van der Waals surface area (Å²) in [5.74, 6) is -0.178. The fraction of sp³-hybridized carbons (Fsp3) is 0.333. The molecule has 2 rings (SSSR count). The van der Waals surface area contributed by atoms with E-state index in [4.69, 9.17) is 5.73 Å². The Bertz CT molecular complexity index is 569. The van der Waals surface area contributed by atoms with Gasteiger partial charge in [0.1, 0.15) is 5.82 Å². The summed E-state index contributed by atoms with van der Waals surface area (Å²) in [7, 11) is 2.00. The van der Waals surface area contributed by atoms with Gasteiger partial charge in [-0.25, -0.2) is 4.39 Å². The Morgan fingerprint density at radius 1 is 1.14 bits per heavy atom. The molecule has 0 aliphatic heterocycles. The van der Waals surface area contributed by atoms with Crippen molar-refractivity contribution in [3.63, 3.8) is 0 Å². The number of rotatable bonds is 6. The zero-order valence-corrected chi connectivity index (χ0v) is 12.7. The second-order valence-corrected chi connectivity index (χ2v) is 5.49. The van der Waals surface area contributed by atoms with E-state index in [2.05, 4.69) is 17.0 Å². The van der Waals surface area contributed by atoms with Gasteiger partial charge in [0.25, 0.3) is 0 Å². The third kappa shape index (κ3) is 4.13. The van der Waals surface area contributed by atoms with Crippen molar-refractivity contribution in [2.75, 3.05) is 20.1 Å². The minimum atomic E-state index is -0.178. The molecule has 2 N–H and O–H groups in total. The highest BCUT2D eigenvalue weighted by atomic mass is 19.1. The molecular formula is C18H23FN2.